The van der Waals surface area contributed by atoms with Crippen molar-refractivity contribution in [2.45, 2.75) is 42.2 Å². The monoisotopic (exact) mass is 420 g/mol. The molecule has 0 spiro atoms. The van der Waals surface area contributed by atoms with E-state index in [4.69, 9.17) is 0 Å². The zero-order chi connectivity index (χ0) is 17.8. The van der Waals surface area contributed by atoms with E-state index in [1.54, 1.807) is 11.1 Å². The summed E-state index contributed by atoms with van der Waals surface area (Å²) in [6, 6.07) is 11.2. The zero-order valence-electron chi connectivity index (χ0n) is 15.1. The summed E-state index contributed by atoms with van der Waals surface area (Å²) in [5.74, 6) is 0. The molecule has 2 aliphatic carbocycles. The second-order valence-corrected chi connectivity index (χ2v) is 10.3. The van der Waals surface area contributed by atoms with Gasteiger partial charge in [-0.15, -0.1) is 11.8 Å². The molecule has 5 rings (SSSR count). The first-order chi connectivity index (χ1) is 12.6. The van der Waals surface area contributed by atoms with E-state index < -0.39 is 0 Å². The van der Waals surface area contributed by atoms with Crippen LogP contribution in [0.3, 0.4) is 0 Å². The van der Waals surface area contributed by atoms with Crippen LogP contribution in [-0.2, 0) is 6.42 Å². The molecular formula is C24H21BrS. The molecule has 0 nitrogen and oxygen atoms in total. The highest BCUT2D eigenvalue weighted by Gasteiger charge is 2.21. The summed E-state index contributed by atoms with van der Waals surface area (Å²) in [4.78, 5) is 1.43. The van der Waals surface area contributed by atoms with Crippen molar-refractivity contribution in [2.24, 2.45) is 0 Å². The minimum atomic E-state index is 0.411. The molecule has 0 saturated heterocycles. The van der Waals surface area contributed by atoms with Gasteiger partial charge in [0.2, 0.25) is 0 Å². The van der Waals surface area contributed by atoms with Crippen molar-refractivity contribution in [3.63, 3.8) is 0 Å². The first-order valence-electron chi connectivity index (χ1n) is 9.25. The third-order valence-corrected chi connectivity index (χ3v) is 7.64. The van der Waals surface area contributed by atoms with Crippen molar-refractivity contribution < 1.29 is 0 Å². The SMILES string of the molecule is CC1=Cc2c(C)c3c(cc2=C1CCC1=Cc2ccccc2C1)SC(Br)C=3. The van der Waals surface area contributed by atoms with Crippen LogP contribution in [0.4, 0.5) is 0 Å². The first-order valence-corrected chi connectivity index (χ1v) is 11.0. The van der Waals surface area contributed by atoms with Gasteiger partial charge < -0.3 is 0 Å². The largest absolute Gasteiger partial charge is 0.106 e. The van der Waals surface area contributed by atoms with E-state index in [9.17, 15) is 0 Å². The molecule has 0 radical (unpaired) electrons. The van der Waals surface area contributed by atoms with Crippen LogP contribution in [0, 0.1) is 6.92 Å². The van der Waals surface area contributed by atoms with Crippen LogP contribution in [0.5, 0.6) is 0 Å². The van der Waals surface area contributed by atoms with E-state index in [0.29, 0.717) is 4.16 Å². The highest BCUT2D eigenvalue weighted by atomic mass is 79.9. The highest BCUT2D eigenvalue weighted by Crippen LogP contribution is 2.34. The van der Waals surface area contributed by atoms with Crippen LogP contribution >= 0.6 is 27.7 Å². The summed E-state index contributed by atoms with van der Waals surface area (Å²) in [6.07, 6.45) is 10.6. The van der Waals surface area contributed by atoms with Gasteiger partial charge in [0.15, 0.2) is 0 Å². The predicted molar refractivity (Wildman–Crippen MR) is 118 cm³/mol. The Labute approximate surface area is 167 Å². The summed E-state index contributed by atoms with van der Waals surface area (Å²) < 4.78 is 0.411. The van der Waals surface area contributed by atoms with Gasteiger partial charge in [-0.2, -0.15) is 0 Å². The summed E-state index contributed by atoms with van der Waals surface area (Å²) in [6.45, 7) is 4.56. The van der Waals surface area contributed by atoms with Gasteiger partial charge in [-0.3, -0.25) is 0 Å². The molecule has 26 heavy (non-hydrogen) atoms. The number of benzene rings is 2. The topological polar surface area (TPSA) is 0 Å². The maximum absolute atomic E-state index is 3.74. The second-order valence-electron chi connectivity index (χ2n) is 7.49. The Morgan fingerprint density at radius 2 is 1.96 bits per heavy atom. The van der Waals surface area contributed by atoms with Crippen LogP contribution < -0.4 is 10.4 Å². The molecule has 0 N–H and O–H groups in total. The van der Waals surface area contributed by atoms with Crippen LogP contribution in [0.2, 0.25) is 0 Å². The van der Waals surface area contributed by atoms with Gasteiger partial charge in [0.25, 0.3) is 0 Å². The van der Waals surface area contributed by atoms with Crippen molar-refractivity contribution >= 4 is 51.5 Å². The Balaban J connectivity index is 1.48. The van der Waals surface area contributed by atoms with Crippen molar-refractivity contribution in [3.8, 4) is 0 Å². The van der Waals surface area contributed by atoms with Crippen LogP contribution in [0.15, 0.2) is 46.4 Å². The van der Waals surface area contributed by atoms with Gasteiger partial charge in [0.05, 0.1) is 4.16 Å². The molecule has 0 saturated carbocycles. The van der Waals surface area contributed by atoms with E-state index >= 15 is 0 Å². The molecule has 0 amide bonds. The van der Waals surface area contributed by atoms with E-state index in [2.05, 4.69) is 78.3 Å². The molecule has 1 unspecified atom stereocenters. The van der Waals surface area contributed by atoms with Gasteiger partial charge in [-0.05, 0) is 83.0 Å². The van der Waals surface area contributed by atoms with Crippen molar-refractivity contribution in [3.05, 3.63) is 74.2 Å². The Hall–Kier alpha value is -1.51. The third kappa shape index (κ3) is 2.66. The minimum Gasteiger partial charge on any atom is -0.106 e. The van der Waals surface area contributed by atoms with Crippen molar-refractivity contribution in [1.82, 2.24) is 0 Å². The summed E-state index contributed by atoms with van der Waals surface area (Å²) in [5, 5.41) is 2.90. The fourth-order valence-electron chi connectivity index (χ4n) is 4.49. The minimum absolute atomic E-state index is 0.411. The average molecular weight is 421 g/mol. The van der Waals surface area contributed by atoms with E-state index in [-0.39, 0.29) is 0 Å². The quantitative estimate of drug-likeness (QED) is 0.583. The average Bonchev–Trinajstić information content (AvgIpc) is 3.28. The molecule has 0 fully saturated rings. The second kappa shape index (κ2) is 6.28. The zero-order valence-corrected chi connectivity index (χ0v) is 17.5. The molecule has 2 aromatic carbocycles. The van der Waals surface area contributed by atoms with Crippen LogP contribution in [0.25, 0.3) is 23.8 Å². The number of allylic oxidation sites excluding steroid dienone is 2. The first kappa shape index (κ1) is 16.6. The van der Waals surface area contributed by atoms with Crippen LogP contribution in [-0.4, -0.2) is 4.16 Å². The lowest BCUT2D eigenvalue weighted by molar-refractivity contribution is 0.954. The van der Waals surface area contributed by atoms with Gasteiger partial charge in [0.1, 0.15) is 0 Å². The summed E-state index contributed by atoms with van der Waals surface area (Å²) in [5.41, 5.74) is 10.3. The molecule has 0 aromatic heterocycles. The maximum Gasteiger partial charge on any atom is 0.0836 e. The lowest BCUT2D eigenvalue weighted by Gasteiger charge is -2.07. The Morgan fingerprint density at radius 3 is 2.81 bits per heavy atom. The number of halogens is 1. The summed E-state index contributed by atoms with van der Waals surface area (Å²) >= 11 is 5.66. The van der Waals surface area contributed by atoms with Gasteiger partial charge in [-0.25, -0.2) is 0 Å². The number of rotatable bonds is 3. The molecular weight excluding hydrogens is 400 g/mol. The number of hydrogen-bond donors (Lipinski definition) is 0. The molecule has 2 heteroatoms. The molecule has 1 aliphatic heterocycles. The molecule has 1 atom stereocenters. The maximum atomic E-state index is 3.74. The van der Waals surface area contributed by atoms with Gasteiger partial charge >= 0.3 is 0 Å². The normalized spacial score (nSPS) is 19.7. The molecule has 3 aliphatic rings. The number of hydrogen-bond acceptors (Lipinski definition) is 1. The Kier molecular flexibility index (Phi) is 4.02. The van der Waals surface area contributed by atoms with E-state index in [1.165, 1.54) is 43.2 Å². The smallest absolute Gasteiger partial charge is 0.0836 e. The standard InChI is InChI=1S/C24H21BrS/c1-14-9-20-15(2)21-13-24(25)26-23(21)12-22(20)19(14)8-7-16-10-17-5-3-4-6-18(17)11-16/h3-6,9-10,12-13,24H,7-8,11H2,1-2H3. The number of alkyl halides is 1. The Morgan fingerprint density at radius 1 is 1.12 bits per heavy atom. The Bertz CT molecular complexity index is 1120. The van der Waals surface area contributed by atoms with E-state index in [1.807, 2.05) is 11.8 Å². The van der Waals surface area contributed by atoms with Crippen molar-refractivity contribution in [2.75, 3.05) is 0 Å². The molecule has 130 valence electrons. The lowest BCUT2D eigenvalue weighted by Crippen LogP contribution is -2.18. The van der Waals surface area contributed by atoms with E-state index in [0.717, 1.165) is 19.3 Å². The lowest BCUT2D eigenvalue weighted by atomic mass is 9.98. The molecule has 2 aromatic rings. The highest BCUT2D eigenvalue weighted by molar-refractivity contribution is 9.11. The van der Waals surface area contributed by atoms with Gasteiger partial charge in [-0.1, -0.05) is 64.0 Å². The number of thioether (sulfide) groups is 1. The fraction of sp³-hybridized carbons (Fsp3) is 0.250. The van der Waals surface area contributed by atoms with Crippen molar-refractivity contribution in [1.29, 1.82) is 0 Å². The molecule has 0 bridgehead atoms. The van der Waals surface area contributed by atoms with Crippen LogP contribution in [0.1, 0.15) is 42.0 Å². The summed E-state index contributed by atoms with van der Waals surface area (Å²) in [7, 11) is 0. The third-order valence-electron chi connectivity index (χ3n) is 5.87. The fourth-order valence-corrected chi connectivity index (χ4v) is 6.34. The molecule has 1 heterocycles. The number of fused-ring (bicyclic) bond motifs is 3. The predicted octanol–water partition coefficient (Wildman–Crippen LogP) is 5.59. The van der Waals surface area contributed by atoms with Gasteiger partial charge in [0, 0.05) is 4.90 Å².